The summed E-state index contributed by atoms with van der Waals surface area (Å²) in [6, 6.07) is 15.7. The molecule has 0 aliphatic carbocycles. The molecule has 0 atom stereocenters. The van der Waals surface area contributed by atoms with Gasteiger partial charge in [0.15, 0.2) is 0 Å². The molecule has 2 aromatic rings. The minimum atomic E-state index is -3.50. The molecule has 7 nitrogen and oxygen atoms in total. The van der Waals surface area contributed by atoms with Crippen LogP contribution >= 0.6 is 0 Å². The quantitative estimate of drug-likeness (QED) is 0.766. The van der Waals surface area contributed by atoms with Crippen LogP contribution in [0.15, 0.2) is 53.4 Å². The van der Waals surface area contributed by atoms with Crippen LogP contribution in [0.3, 0.4) is 0 Å². The van der Waals surface area contributed by atoms with Crippen molar-refractivity contribution in [3.05, 3.63) is 59.7 Å². The van der Waals surface area contributed by atoms with E-state index in [1.807, 2.05) is 25.1 Å². The van der Waals surface area contributed by atoms with Gasteiger partial charge in [-0.1, -0.05) is 17.7 Å². The van der Waals surface area contributed by atoms with E-state index < -0.39 is 10.0 Å². The number of aryl methyl sites for hydroxylation is 1. The minimum Gasteiger partial charge on any atom is -0.326 e. The molecule has 1 aliphatic rings. The van der Waals surface area contributed by atoms with Gasteiger partial charge in [0.25, 0.3) is 0 Å². The molecule has 3 rings (SSSR count). The zero-order chi connectivity index (χ0) is 21.6. The number of sulfonamides is 1. The second-order valence-corrected chi connectivity index (χ2v) is 9.34. The Hall–Kier alpha value is -2.73. The first-order valence-electron chi connectivity index (χ1n) is 9.98. The Balaban J connectivity index is 1.50. The van der Waals surface area contributed by atoms with Crippen LogP contribution in [0, 0.1) is 18.3 Å². The van der Waals surface area contributed by atoms with Crippen molar-refractivity contribution in [2.24, 2.45) is 0 Å². The number of carbonyl (C=O) groups is 1. The molecule has 0 radical (unpaired) electrons. The van der Waals surface area contributed by atoms with Gasteiger partial charge in [0, 0.05) is 38.3 Å². The highest BCUT2D eigenvalue weighted by molar-refractivity contribution is 7.89. The summed E-state index contributed by atoms with van der Waals surface area (Å²) < 4.78 is 27.3. The largest absolute Gasteiger partial charge is 0.326 e. The number of hydrogen-bond donors (Lipinski definition) is 1. The van der Waals surface area contributed by atoms with Crippen LogP contribution in [-0.4, -0.2) is 56.3 Å². The highest BCUT2D eigenvalue weighted by atomic mass is 32.2. The Labute approximate surface area is 178 Å². The van der Waals surface area contributed by atoms with E-state index in [9.17, 15) is 13.2 Å². The predicted molar refractivity (Wildman–Crippen MR) is 115 cm³/mol. The molecule has 1 heterocycles. The Morgan fingerprint density at radius 2 is 1.73 bits per heavy atom. The first-order chi connectivity index (χ1) is 14.4. The van der Waals surface area contributed by atoms with E-state index in [4.69, 9.17) is 5.26 Å². The van der Waals surface area contributed by atoms with Gasteiger partial charge in [-0.15, -0.1) is 0 Å². The summed E-state index contributed by atoms with van der Waals surface area (Å²) in [7, 11) is -3.50. The zero-order valence-electron chi connectivity index (χ0n) is 17.0. The first-order valence-corrected chi connectivity index (χ1v) is 11.4. The molecule has 30 heavy (non-hydrogen) atoms. The molecule has 1 saturated heterocycles. The number of anilines is 1. The lowest BCUT2D eigenvalue weighted by Crippen LogP contribution is -2.36. The third-order valence-corrected chi connectivity index (χ3v) is 7.07. The number of rotatable bonds is 6. The van der Waals surface area contributed by atoms with Gasteiger partial charge in [0.05, 0.1) is 16.5 Å². The molecular formula is C22H26N4O3S. The molecule has 1 fully saturated rings. The maximum Gasteiger partial charge on any atom is 0.243 e. The van der Waals surface area contributed by atoms with Crippen molar-refractivity contribution in [2.75, 3.05) is 38.0 Å². The van der Waals surface area contributed by atoms with Gasteiger partial charge in [0.1, 0.15) is 0 Å². The minimum absolute atomic E-state index is 0.104. The van der Waals surface area contributed by atoms with E-state index in [1.54, 1.807) is 36.4 Å². The lowest BCUT2D eigenvalue weighted by atomic mass is 10.2. The molecule has 158 valence electrons. The van der Waals surface area contributed by atoms with Gasteiger partial charge in [-0.2, -0.15) is 9.57 Å². The van der Waals surface area contributed by atoms with Crippen LogP contribution in [0.4, 0.5) is 5.69 Å². The SMILES string of the molecule is Cc1ccc(S(=O)(=O)N2CCCN(CCC(=O)Nc3ccc(C#N)cc3)CC2)cc1. The molecule has 8 heteroatoms. The van der Waals surface area contributed by atoms with Crippen LogP contribution in [-0.2, 0) is 14.8 Å². The average molecular weight is 427 g/mol. The summed E-state index contributed by atoms with van der Waals surface area (Å²) in [5, 5.41) is 11.6. The van der Waals surface area contributed by atoms with Gasteiger partial charge in [0.2, 0.25) is 15.9 Å². The Morgan fingerprint density at radius 1 is 1.03 bits per heavy atom. The van der Waals surface area contributed by atoms with Crippen molar-refractivity contribution in [3.63, 3.8) is 0 Å². The van der Waals surface area contributed by atoms with E-state index in [0.717, 1.165) is 18.5 Å². The van der Waals surface area contributed by atoms with Crippen LogP contribution < -0.4 is 5.32 Å². The number of nitrogens with one attached hydrogen (secondary N) is 1. The topological polar surface area (TPSA) is 93.5 Å². The number of amides is 1. The van der Waals surface area contributed by atoms with E-state index >= 15 is 0 Å². The van der Waals surface area contributed by atoms with Gasteiger partial charge < -0.3 is 10.2 Å². The molecular weight excluding hydrogens is 400 g/mol. The van der Waals surface area contributed by atoms with E-state index in [1.165, 1.54) is 4.31 Å². The summed E-state index contributed by atoms with van der Waals surface area (Å²) >= 11 is 0. The molecule has 0 spiro atoms. The van der Waals surface area contributed by atoms with Crippen molar-refractivity contribution in [1.82, 2.24) is 9.21 Å². The fourth-order valence-electron chi connectivity index (χ4n) is 3.38. The zero-order valence-corrected chi connectivity index (χ0v) is 17.9. The van der Waals surface area contributed by atoms with Crippen LogP contribution in [0.2, 0.25) is 0 Å². The first kappa shape index (κ1) is 22.0. The summed E-state index contributed by atoms with van der Waals surface area (Å²) in [6.45, 7) is 4.73. The third kappa shape index (κ3) is 5.66. The standard InChI is InChI=1S/C22H26N4O3S/c1-18-3-9-21(10-4-18)30(28,29)26-13-2-12-25(15-16-26)14-11-22(27)24-20-7-5-19(17-23)6-8-20/h3-10H,2,11-16H2,1H3,(H,24,27). The third-order valence-electron chi connectivity index (χ3n) is 5.16. The van der Waals surface area contributed by atoms with E-state index in [2.05, 4.69) is 10.2 Å². The Kier molecular flexibility index (Phi) is 7.21. The van der Waals surface area contributed by atoms with Gasteiger partial charge >= 0.3 is 0 Å². The maximum atomic E-state index is 12.9. The fourth-order valence-corrected chi connectivity index (χ4v) is 4.85. The van der Waals surface area contributed by atoms with Crippen LogP contribution in [0.5, 0.6) is 0 Å². The van der Waals surface area contributed by atoms with Gasteiger partial charge in [-0.25, -0.2) is 8.42 Å². The summed E-state index contributed by atoms with van der Waals surface area (Å²) in [5.41, 5.74) is 2.23. The second-order valence-electron chi connectivity index (χ2n) is 7.40. The molecule has 1 N–H and O–H groups in total. The normalized spacial score (nSPS) is 15.9. The lowest BCUT2D eigenvalue weighted by Gasteiger charge is -2.21. The van der Waals surface area contributed by atoms with Crippen molar-refractivity contribution >= 4 is 21.6 Å². The van der Waals surface area contributed by atoms with Crippen molar-refractivity contribution in [3.8, 4) is 6.07 Å². The molecule has 0 unspecified atom stereocenters. The van der Waals surface area contributed by atoms with Crippen LogP contribution in [0.25, 0.3) is 0 Å². The van der Waals surface area contributed by atoms with Gasteiger partial charge in [-0.05, 0) is 56.3 Å². The highest BCUT2D eigenvalue weighted by Crippen LogP contribution is 2.18. The highest BCUT2D eigenvalue weighted by Gasteiger charge is 2.26. The molecule has 0 saturated carbocycles. The predicted octanol–water partition coefficient (Wildman–Crippen LogP) is 2.59. The number of nitriles is 1. The van der Waals surface area contributed by atoms with E-state index in [-0.39, 0.29) is 5.91 Å². The van der Waals surface area contributed by atoms with Crippen molar-refractivity contribution < 1.29 is 13.2 Å². The smallest absolute Gasteiger partial charge is 0.243 e. The second kappa shape index (κ2) is 9.85. The van der Waals surface area contributed by atoms with Crippen molar-refractivity contribution in [2.45, 2.75) is 24.7 Å². The number of carbonyl (C=O) groups excluding carboxylic acids is 1. The molecule has 0 bridgehead atoms. The summed E-state index contributed by atoms with van der Waals surface area (Å²) in [5.74, 6) is -0.104. The number of nitrogens with zero attached hydrogens (tertiary/aromatic N) is 3. The number of benzene rings is 2. The molecule has 1 aliphatic heterocycles. The van der Waals surface area contributed by atoms with Crippen molar-refractivity contribution in [1.29, 1.82) is 5.26 Å². The summed E-state index contributed by atoms with van der Waals surface area (Å²) in [4.78, 5) is 14.7. The molecule has 2 aromatic carbocycles. The Bertz CT molecular complexity index is 1010. The van der Waals surface area contributed by atoms with Crippen LogP contribution in [0.1, 0.15) is 24.0 Å². The lowest BCUT2D eigenvalue weighted by molar-refractivity contribution is -0.116. The monoisotopic (exact) mass is 426 g/mol. The average Bonchev–Trinajstić information content (AvgIpc) is 2.99. The maximum absolute atomic E-state index is 12.9. The number of hydrogen-bond acceptors (Lipinski definition) is 5. The summed E-state index contributed by atoms with van der Waals surface area (Å²) in [6.07, 6.45) is 1.05. The van der Waals surface area contributed by atoms with Gasteiger partial charge in [-0.3, -0.25) is 4.79 Å². The fraction of sp³-hybridized carbons (Fsp3) is 0.364. The van der Waals surface area contributed by atoms with E-state index in [0.29, 0.717) is 48.7 Å². The molecule has 1 amide bonds. The Morgan fingerprint density at radius 3 is 2.40 bits per heavy atom. The molecule has 0 aromatic heterocycles.